The molecule has 1 aromatic carbocycles. The summed E-state index contributed by atoms with van der Waals surface area (Å²) in [4.78, 5) is 38.4. The molecule has 1 aliphatic rings. The summed E-state index contributed by atoms with van der Waals surface area (Å²) in [7, 11) is 1.32. The molecule has 1 aromatic rings. The minimum Gasteiger partial charge on any atom is -0.465 e. The standard InChI is InChI=1S/C20H28N2O4/c1-4-14(5-2)19(24)22-11-9-15(10-12-22)18(23)21-17-8-6-7-16(13-17)20(25)26-3/h6-8,13-15H,4-5,9-12H2,1-3H3,(H,21,23). The Bertz CT molecular complexity index is 647. The highest BCUT2D eigenvalue weighted by atomic mass is 16.5. The van der Waals surface area contributed by atoms with Gasteiger partial charge in [-0.2, -0.15) is 0 Å². The SMILES string of the molecule is CCC(CC)C(=O)N1CCC(C(=O)Nc2cccc(C(=O)OC)c2)CC1. The maximum atomic E-state index is 12.5. The monoisotopic (exact) mass is 360 g/mol. The summed E-state index contributed by atoms with van der Waals surface area (Å²) in [5.74, 6) is -0.334. The lowest BCUT2D eigenvalue weighted by atomic mass is 9.93. The number of amides is 2. The number of benzene rings is 1. The zero-order valence-corrected chi connectivity index (χ0v) is 15.8. The molecule has 1 aliphatic heterocycles. The summed E-state index contributed by atoms with van der Waals surface area (Å²) in [5.41, 5.74) is 0.976. The van der Waals surface area contributed by atoms with E-state index in [1.54, 1.807) is 24.3 Å². The summed E-state index contributed by atoms with van der Waals surface area (Å²) in [6, 6.07) is 6.70. The van der Waals surface area contributed by atoms with Crippen LogP contribution in [0.5, 0.6) is 0 Å². The number of rotatable bonds is 6. The number of hydrogen-bond donors (Lipinski definition) is 1. The van der Waals surface area contributed by atoms with Crippen molar-refractivity contribution in [2.24, 2.45) is 11.8 Å². The van der Waals surface area contributed by atoms with E-state index in [-0.39, 0.29) is 23.7 Å². The second kappa shape index (κ2) is 9.36. The Balaban J connectivity index is 1.91. The summed E-state index contributed by atoms with van der Waals surface area (Å²) < 4.78 is 4.70. The van der Waals surface area contributed by atoms with E-state index in [0.29, 0.717) is 37.2 Å². The first-order valence-corrected chi connectivity index (χ1v) is 9.28. The molecular formula is C20H28N2O4. The maximum Gasteiger partial charge on any atom is 0.337 e. The molecule has 6 nitrogen and oxygen atoms in total. The molecular weight excluding hydrogens is 332 g/mol. The van der Waals surface area contributed by atoms with Gasteiger partial charge in [-0.05, 0) is 43.9 Å². The first-order valence-electron chi connectivity index (χ1n) is 9.28. The summed E-state index contributed by atoms with van der Waals surface area (Å²) >= 11 is 0. The van der Waals surface area contributed by atoms with Gasteiger partial charge in [-0.1, -0.05) is 19.9 Å². The molecule has 1 heterocycles. The number of likely N-dealkylation sites (tertiary alicyclic amines) is 1. The van der Waals surface area contributed by atoms with Crippen LogP contribution in [-0.2, 0) is 14.3 Å². The molecule has 2 amide bonds. The van der Waals surface area contributed by atoms with Crippen molar-refractivity contribution in [1.29, 1.82) is 0 Å². The number of ether oxygens (including phenoxy) is 1. The zero-order chi connectivity index (χ0) is 19.1. The third-order valence-electron chi connectivity index (χ3n) is 5.06. The van der Waals surface area contributed by atoms with E-state index in [1.807, 2.05) is 18.7 Å². The highest BCUT2D eigenvalue weighted by Crippen LogP contribution is 2.22. The van der Waals surface area contributed by atoms with E-state index in [1.165, 1.54) is 7.11 Å². The van der Waals surface area contributed by atoms with Gasteiger partial charge in [0.15, 0.2) is 0 Å². The van der Waals surface area contributed by atoms with Crippen LogP contribution >= 0.6 is 0 Å². The molecule has 2 rings (SSSR count). The van der Waals surface area contributed by atoms with Crippen molar-refractivity contribution in [3.05, 3.63) is 29.8 Å². The van der Waals surface area contributed by atoms with Gasteiger partial charge in [-0.25, -0.2) is 4.79 Å². The lowest BCUT2D eigenvalue weighted by Gasteiger charge is -2.33. The van der Waals surface area contributed by atoms with E-state index in [4.69, 9.17) is 4.74 Å². The van der Waals surface area contributed by atoms with Gasteiger partial charge in [-0.15, -0.1) is 0 Å². The van der Waals surface area contributed by atoms with Crippen molar-refractivity contribution in [3.8, 4) is 0 Å². The molecule has 6 heteroatoms. The topological polar surface area (TPSA) is 75.7 Å². The molecule has 0 aliphatic carbocycles. The minimum atomic E-state index is -0.436. The molecule has 1 N–H and O–H groups in total. The average Bonchev–Trinajstić information content (AvgIpc) is 2.68. The van der Waals surface area contributed by atoms with Crippen LogP contribution < -0.4 is 5.32 Å². The normalized spacial score (nSPS) is 15.0. The number of hydrogen-bond acceptors (Lipinski definition) is 4. The fourth-order valence-electron chi connectivity index (χ4n) is 3.34. The van der Waals surface area contributed by atoms with Crippen LogP contribution in [0.15, 0.2) is 24.3 Å². The molecule has 142 valence electrons. The summed E-state index contributed by atoms with van der Waals surface area (Å²) in [5, 5.41) is 2.87. The lowest BCUT2D eigenvalue weighted by Crippen LogP contribution is -2.43. The Morgan fingerprint density at radius 2 is 1.85 bits per heavy atom. The van der Waals surface area contributed by atoms with E-state index in [2.05, 4.69) is 5.32 Å². The van der Waals surface area contributed by atoms with Gasteiger partial charge in [0.05, 0.1) is 12.7 Å². The highest BCUT2D eigenvalue weighted by Gasteiger charge is 2.29. The average molecular weight is 360 g/mol. The molecule has 0 aromatic heterocycles. The lowest BCUT2D eigenvalue weighted by molar-refractivity contribution is -0.138. The predicted molar refractivity (Wildman–Crippen MR) is 99.8 cm³/mol. The number of carbonyl (C=O) groups excluding carboxylic acids is 3. The van der Waals surface area contributed by atoms with Crippen molar-refractivity contribution in [1.82, 2.24) is 4.90 Å². The van der Waals surface area contributed by atoms with Gasteiger partial charge in [0.2, 0.25) is 11.8 Å². The molecule has 0 unspecified atom stereocenters. The van der Waals surface area contributed by atoms with E-state index in [0.717, 1.165) is 12.8 Å². The van der Waals surface area contributed by atoms with Crippen molar-refractivity contribution < 1.29 is 19.1 Å². The van der Waals surface area contributed by atoms with Crippen LogP contribution in [0.3, 0.4) is 0 Å². The molecule has 0 atom stereocenters. The van der Waals surface area contributed by atoms with Crippen molar-refractivity contribution in [3.63, 3.8) is 0 Å². The minimum absolute atomic E-state index is 0.0679. The van der Waals surface area contributed by atoms with Gasteiger partial charge >= 0.3 is 5.97 Å². The fraction of sp³-hybridized carbons (Fsp3) is 0.550. The number of nitrogens with one attached hydrogen (secondary N) is 1. The summed E-state index contributed by atoms with van der Waals surface area (Å²) in [6.45, 7) is 5.31. The Morgan fingerprint density at radius 1 is 1.19 bits per heavy atom. The quantitative estimate of drug-likeness (QED) is 0.791. The van der Waals surface area contributed by atoms with Gasteiger partial charge in [0.1, 0.15) is 0 Å². The smallest absolute Gasteiger partial charge is 0.337 e. The number of anilines is 1. The highest BCUT2D eigenvalue weighted by molar-refractivity contribution is 5.95. The number of piperidine rings is 1. The van der Waals surface area contributed by atoms with Crippen LogP contribution in [0.4, 0.5) is 5.69 Å². The van der Waals surface area contributed by atoms with Crippen molar-refractivity contribution in [2.45, 2.75) is 39.5 Å². The predicted octanol–water partition coefficient (Wildman–Crippen LogP) is 3.09. The Hall–Kier alpha value is -2.37. The number of carbonyl (C=O) groups is 3. The third-order valence-corrected chi connectivity index (χ3v) is 5.06. The Kier molecular flexibility index (Phi) is 7.18. The molecule has 0 saturated carbocycles. The third kappa shape index (κ3) is 4.84. The Morgan fingerprint density at radius 3 is 2.42 bits per heavy atom. The number of nitrogens with zero attached hydrogens (tertiary/aromatic N) is 1. The first-order chi connectivity index (χ1) is 12.5. The maximum absolute atomic E-state index is 12.5. The molecule has 1 fully saturated rings. The number of methoxy groups -OCH3 is 1. The van der Waals surface area contributed by atoms with Crippen LogP contribution in [0.1, 0.15) is 49.9 Å². The van der Waals surface area contributed by atoms with Crippen LogP contribution in [0.2, 0.25) is 0 Å². The van der Waals surface area contributed by atoms with E-state index in [9.17, 15) is 14.4 Å². The van der Waals surface area contributed by atoms with E-state index < -0.39 is 5.97 Å². The van der Waals surface area contributed by atoms with E-state index >= 15 is 0 Å². The second-order valence-electron chi connectivity index (χ2n) is 6.67. The van der Waals surface area contributed by atoms with Gasteiger partial charge in [0.25, 0.3) is 0 Å². The summed E-state index contributed by atoms with van der Waals surface area (Å²) in [6.07, 6.45) is 3.03. The van der Waals surface area contributed by atoms with Crippen LogP contribution in [-0.4, -0.2) is 42.9 Å². The van der Waals surface area contributed by atoms with Gasteiger partial charge in [0, 0.05) is 30.6 Å². The number of esters is 1. The Labute approximate surface area is 154 Å². The van der Waals surface area contributed by atoms with Crippen molar-refractivity contribution >= 4 is 23.5 Å². The molecule has 0 spiro atoms. The molecule has 0 radical (unpaired) electrons. The van der Waals surface area contributed by atoms with Crippen molar-refractivity contribution in [2.75, 3.05) is 25.5 Å². The first kappa shape index (κ1) is 19.9. The molecule has 1 saturated heterocycles. The van der Waals surface area contributed by atoms with Gasteiger partial charge < -0.3 is 15.0 Å². The largest absolute Gasteiger partial charge is 0.465 e. The van der Waals surface area contributed by atoms with Crippen LogP contribution in [0.25, 0.3) is 0 Å². The fourth-order valence-corrected chi connectivity index (χ4v) is 3.34. The van der Waals surface area contributed by atoms with Crippen LogP contribution in [0, 0.1) is 11.8 Å². The zero-order valence-electron chi connectivity index (χ0n) is 15.8. The molecule has 26 heavy (non-hydrogen) atoms. The second-order valence-corrected chi connectivity index (χ2v) is 6.67. The van der Waals surface area contributed by atoms with Gasteiger partial charge in [-0.3, -0.25) is 9.59 Å². The molecule has 0 bridgehead atoms.